The van der Waals surface area contributed by atoms with Crippen molar-refractivity contribution in [2.45, 2.75) is 29.8 Å². The molecule has 0 saturated carbocycles. The minimum atomic E-state index is -1.46. The number of rotatable bonds is 2. The Labute approximate surface area is 221 Å². The Morgan fingerprint density at radius 2 is 1.67 bits per heavy atom. The van der Waals surface area contributed by atoms with Gasteiger partial charge in [0.25, 0.3) is 5.91 Å². The molecule has 0 bridgehead atoms. The van der Waals surface area contributed by atoms with E-state index >= 15 is 0 Å². The van der Waals surface area contributed by atoms with Gasteiger partial charge < -0.3 is 10.6 Å². The molecule has 0 aliphatic carbocycles. The number of hydrogen-bond donors (Lipinski definition) is 2. The maximum Gasteiger partial charge on any atom is 0.251 e. The van der Waals surface area contributed by atoms with E-state index < -0.39 is 16.9 Å². The van der Waals surface area contributed by atoms with Crippen LogP contribution in [-0.2, 0) is 20.5 Å². The monoisotopic (exact) mass is 561 g/mol. The summed E-state index contributed by atoms with van der Waals surface area (Å²) in [4.78, 5) is 45.2. The number of carbonyl (C=O) groups excluding carboxylic acids is 3. The fourth-order valence-electron chi connectivity index (χ4n) is 7.34. The Bertz CT molecular complexity index is 1490. The van der Waals surface area contributed by atoms with Crippen molar-refractivity contribution < 1.29 is 14.4 Å². The van der Waals surface area contributed by atoms with Gasteiger partial charge in [-0.05, 0) is 61.3 Å². The van der Waals surface area contributed by atoms with Crippen molar-refractivity contribution in [3.63, 3.8) is 0 Å². The van der Waals surface area contributed by atoms with E-state index in [0.29, 0.717) is 39.6 Å². The first-order valence-corrected chi connectivity index (χ1v) is 13.2. The van der Waals surface area contributed by atoms with Gasteiger partial charge in [0.05, 0.1) is 5.92 Å². The summed E-state index contributed by atoms with van der Waals surface area (Å²) < 4.78 is 0.863. The van der Waals surface area contributed by atoms with Gasteiger partial charge in [0.1, 0.15) is 11.0 Å². The normalized spacial score (nSPS) is 29.8. The zero-order chi connectivity index (χ0) is 24.8. The standard InChI is InChI=1S/C28H21BrClN3O3/c29-16-9-7-15(8-10-16)24(34)23-22-6-3-13-33(22)28(19-14-17(30)11-12-21(19)32-26(28)36)27(23)18-4-1-2-5-20(18)31-25(27)35/h1-2,4-5,7-12,14,22-23H,3,6,13H2,(H,31,35)(H,32,36)/t22-,23+,27+,28+/m1/s1. The summed E-state index contributed by atoms with van der Waals surface area (Å²) in [6, 6.07) is 19.7. The summed E-state index contributed by atoms with van der Waals surface area (Å²) in [5, 5.41) is 6.56. The van der Waals surface area contributed by atoms with E-state index in [1.54, 1.807) is 30.3 Å². The second-order valence-corrected chi connectivity index (χ2v) is 11.3. The summed E-state index contributed by atoms with van der Waals surface area (Å²) >= 11 is 9.93. The molecule has 2 amide bonds. The Kier molecular flexibility index (Phi) is 4.63. The van der Waals surface area contributed by atoms with Crippen LogP contribution >= 0.6 is 27.5 Å². The lowest BCUT2D eigenvalue weighted by atomic mass is 9.57. The van der Waals surface area contributed by atoms with Crippen molar-refractivity contribution in [2.75, 3.05) is 17.2 Å². The Morgan fingerprint density at radius 1 is 0.944 bits per heavy atom. The number of halogens is 2. The van der Waals surface area contributed by atoms with E-state index in [1.165, 1.54) is 0 Å². The molecule has 2 saturated heterocycles. The lowest BCUT2D eigenvalue weighted by Gasteiger charge is -2.43. The number of anilines is 2. The molecule has 6 nitrogen and oxygen atoms in total. The SMILES string of the molecule is O=C(c1ccc(Br)cc1)[C@@H]1[C@H]2CCCN2[C@@]2(C(=O)Nc3ccc(Cl)cc32)[C@]12C(=O)Nc1ccccc12. The van der Waals surface area contributed by atoms with Gasteiger partial charge in [-0.15, -0.1) is 0 Å². The van der Waals surface area contributed by atoms with Crippen molar-refractivity contribution in [3.05, 3.63) is 92.9 Å². The van der Waals surface area contributed by atoms with Gasteiger partial charge in [-0.3, -0.25) is 19.3 Å². The topological polar surface area (TPSA) is 78.5 Å². The number of fused-ring (bicyclic) bond motifs is 7. The third kappa shape index (κ3) is 2.48. The fraction of sp³-hybridized carbons (Fsp3) is 0.250. The van der Waals surface area contributed by atoms with Crippen molar-refractivity contribution in [3.8, 4) is 0 Å². The van der Waals surface area contributed by atoms with Crippen LogP contribution in [0.4, 0.5) is 11.4 Å². The maximum absolute atomic E-state index is 14.5. The van der Waals surface area contributed by atoms with Crippen LogP contribution in [0.1, 0.15) is 34.3 Å². The minimum absolute atomic E-state index is 0.133. The zero-order valence-corrected chi connectivity index (χ0v) is 21.4. The molecule has 36 heavy (non-hydrogen) atoms. The molecule has 0 radical (unpaired) electrons. The van der Waals surface area contributed by atoms with E-state index in [9.17, 15) is 14.4 Å². The summed E-state index contributed by atoms with van der Waals surface area (Å²) in [5.41, 5.74) is 0.268. The molecular weight excluding hydrogens is 542 g/mol. The highest BCUT2D eigenvalue weighted by molar-refractivity contribution is 9.10. The molecule has 2 spiro atoms. The van der Waals surface area contributed by atoms with Crippen LogP contribution in [0.15, 0.2) is 71.2 Å². The number of ketones is 1. The lowest BCUT2D eigenvalue weighted by Crippen LogP contribution is -2.62. The Hall–Kier alpha value is -3.00. The summed E-state index contributed by atoms with van der Waals surface area (Å²) in [7, 11) is 0. The molecule has 3 aromatic rings. The smallest absolute Gasteiger partial charge is 0.251 e. The number of nitrogens with zero attached hydrogens (tertiary/aromatic N) is 1. The van der Waals surface area contributed by atoms with Crippen LogP contribution in [0, 0.1) is 5.92 Å². The molecule has 8 heteroatoms. The summed E-state index contributed by atoms with van der Waals surface area (Å²) in [6.45, 7) is 0.603. The van der Waals surface area contributed by atoms with Crippen molar-refractivity contribution in [2.24, 2.45) is 5.92 Å². The van der Waals surface area contributed by atoms with Crippen LogP contribution in [0.3, 0.4) is 0 Å². The molecule has 7 rings (SSSR count). The first-order valence-electron chi connectivity index (χ1n) is 12.0. The quantitative estimate of drug-likeness (QED) is 0.425. The van der Waals surface area contributed by atoms with Crippen LogP contribution in [0.2, 0.25) is 5.02 Å². The second kappa shape index (κ2) is 7.51. The first kappa shape index (κ1) is 22.2. The van der Waals surface area contributed by atoms with Gasteiger partial charge in [-0.1, -0.05) is 57.9 Å². The minimum Gasteiger partial charge on any atom is -0.325 e. The third-order valence-corrected chi connectivity index (χ3v) is 9.23. The van der Waals surface area contributed by atoms with Gasteiger partial charge in [-0.25, -0.2) is 0 Å². The van der Waals surface area contributed by atoms with E-state index in [0.717, 1.165) is 17.3 Å². The first-order chi connectivity index (χ1) is 17.4. The number of hydrogen-bond acceptors (Lipinski definition) is 4. The number of amides is 2. The molecule has 4 atom stereocenters. The molecule has 0 unspecified atom stereocenters. The summed E-state index contributed by atoms with van der Waals surface area (Å²) in [5.74, 6) is -1.51. The van der Waals surface area contributed by atoms with Crippen molar-refractivity contribution in [1.82, 2.24) is 4.90 Å². The van der Waals surface area contributed by atoms with Crippen molar-refractivity contribution >= 4 is 56.5 Å². The van der Waals surface area contributed by atoms with E-state index in [2.05, 4.69) is 31.5 Å². The van der Waals surface area contributed by atoms with Gasteiger partial charge in [-0.2, -0.15) is 0 Å². The van der Waals surface area contributed by atoms with E-state index in [4.69, 9.17) is 11.6 Å². The molecule has 3 aromatic carbocycles. The third-order valence-electron chi connectivity index (χ3n) is 8.47. The Balaban J connectivity index is 1.59. The van der Waals surface area contributed by atoms with Gasteiger partial charge in [0, 0.05) is 38.0 Å². The number of carbonyl (C=O) groups is 3. The van der Waals surface area contributed by atoms with Gasteiger partial charge >= 0.3 is 0 Å². The number of Topliss-reactive ketones (excluding diaryl/α,β-unsaturated/α-hetero) is 1. The Morgan fingerprint density at radius 3 is 2.47 bits per heavy atom. The van der Waals surface area contributed by atoms with Crippen LogP contribution in [0.5, 0.6) is 0 Å². The zero-order valence-electron chi connectivity index (χ0n) is 19.1. The molecule has 2 fully saturated rings. The van der Waals surface area contributed by atoms with E-state index in [1.807, 2.05) is 36.4 Å². The molecular formula is C28H21BrClN3O3. The van der Waals surface area contributed by atoms with Gasteiger partial charge in [0.15, 0.2) is 5.78 Å². The lowest BCUT2D eigenvalue weighted by molar-refractivity contribution is -0.137. The molecule has 4 aliphatic heterocycles. The number of nitrogens with one attached hydrogen (secondary N) is 2. The highest BCUT2D eigenvalue weighted by Crippen LogP contribution is 2.68. The van der Waals surface area contributed by atoms with Crippen LogP contribution in [-0.4, -0.2) is 35.1 Å². The average molecular weight is 563 g/mol. The predicted molar refractivity (Wildman–Crippen MR) is 140 cm³/mol. The molecule has 180 valence electrons. The maximum atomic E-state index is 14.5. The molecule has 4 heterocycles. The van der Waals surface area contributed by atoms with Crippen LogP contribution < -0.4 is 10.6 Å². The predicted octanol–water partition coefficient (Wildman–Crippen LogP) is 5.12. The van der Waals surface area contributed by atoms with Gasteiger partial charge in [0.2, 0.25) is 5.91 Å². The highest BCUT2D eigenvalue weighted by Gasteiger charge is 2.81. The number of para-hydroxylation sites is 1. The molecule has 4 aliphatic rings. The van der Waals surface area contributed by atoms with E-state index in [-0.39, 0.29) is 23.6 Å². The number of benzene rings is 3. The average Bonchev–Trinajstić information content (AvgIpc) is 3.58. The summed E-state index contributed by atoms with van der Waals surface area (Å²) in [6.07, 6.45) is 1.55. The van der Waals surface area contributed by atoms with Crippen LogP contribution in [0.25, 0.3) is 0 Å². The largest absolute Gasteiger partial charge is 0.325 e. The highest BCUT2D eigenvalue weighted by atomic mass is 79.9. The molecule has 0 aromatic heterocycles. The second-order valence-electron chi connectivity index (χ2n) is 9.91. The fourth-order valence-corrected chi connectivity index (χ4v) is 7.78. The molecule has 2 N–H and O–H groups in total. The van der Waals surface area contributed by atoms with Crippen molar-refractivity contribution in [1.29, 1.82) is 0 Å².